The molecule has 2 aliphatic rings. The van der Waals surface area contributed by atoms with E-state index in [0.29, 0.717) is 23.4 Å². The largest absolute Gasteiger partial charge is 0.355 e. The number of hydrogen-bond acceptors (Lipinski definition) is 5. The minimum absolute atomic E-state index is 0.0181. The van der Waals surface area contributed by atoms with E-state index in [-0.39, 0.29) is 30.2 Å². The van der Waals surface area contributed by atoms with E-state index >= 15 is 0 Å². The first-order chi connectivity index (χ1) is 17.7. The van der Waals surface area contributed by atoms with Gasteiger partial charge in [0.2, 0.25) is 11.8 Å². The zero-order chi connectivity index (χ0) is 26.3. The van der Waals surface area contributed by atoms with Crippen molar-refractivity contribution in [2.24, 2.45) is 5.92 Å². The van der Waals surface area contributed by atoms with E-state index in [9.17, 15) is 14.4 Å². The average Bonchev–Trinajstić information content (AvgIpc) is 3.42. The molecule has 0 spiro atoms. The van der Waals surface area contributed by atoms with Gasteiger partial charge in [-0.05, 0) is 80.9 Å². The lowest BCUT2D eigenvalue weighted by atomic mass is 9.94. The van der Waals surface area contributed by atoms with Crippen LogP contribution in [0.25, 0.3) is 22.0 Å². The number of likely N-dealkylation sites (N-methyl/N-ethyl adjacent to an activating group) is 1. The third kappa shape index (κ3) is 4.74. The van der Waals surface area contributed by atoms with Crippen LogP contribution >= 0.6 is 0 Å². The first-order valence-corrected chi connectivity index (χ1v) is 12.6. The quantitative estimate of drug-likeness (QED) is 0.451. The van der Waals surface area contributed by atoms with E-state index in [1.165, 1.54) is 0 Å². The molecule has 2 aliphatic heterocycles. The van der Waals surface area contributed by atoms with Gasteiger partial charge in [0.25, 0.3) is 5.91 Å². The Bertz CT molecular complexity index is 1420. The van der Waals surface area contributed by atoms with Gasteiger partial charge in [0, 0.05) is 47.4 Å². The second-order valence-electron chi connectivity index (χ2n) is 10.0. The van der Waals surface area contributed by atoms with Crippen LogP contribution in [0.5, 0.6) is 0 Å². The van der Waals surface area contributed by atoms with Crippen LogP contribution in [0.15, 0.2) is 42.5 Å². The van der Waals surface area contributed by atoms with Crippen LogP contribution in [0.2, 0.25) is 0 Å². The van der Waals surface area contributed by atoms with Crippen molar-refractivity contribution >= 4 is 34.3 Å². The highest BCUT2D eigenvalue weighted by Gasteiger charge is 2.32. The molecule has 1 fully saturated rings. The normalized spacial score (nSPS) is 16.2. The number of carbonyl (C=O) groups excluding carboxylic acids is 3. The monoisotopic (exact) mass is 500 g/mol. The third-order valence-corrected chi connectivity index (χ3v) is 7.46. The van der Waals surface area contributed by atoms with E-state index in [4.69, 9.17) is 0 Å². The summed E-state index contributed by atoms with van der Waals surface area (Å²) in [7, 11) is 3.61. The molecule has 2 aromatic carbocycles. The summed E-state index contributed by atoms with van der Waals surface area (Å²) in [6.07, 6.45) is 1.62. The Hall–Kier alpha value is -3.98. The summed E-state index contributed by atoms with van der Waals surface area (Å²) >= 11 is 0. The van der Waals surface area contributed by atoms with Crippen LogP contribution in [0.3, 0.4) is 0 Å². The van der Waals surface area contributed by atoms with E-state index in [1.807, 2.05) is 25.1 Å². The molecular weight excluding hydrogens is 468 g/mol. The topological polar surface area (TPSA) is 110 Å². The van der Waals surface area contributed by atoms with Crippen LogP contribution in [-0.4, -0.2) is 71.4 Å². The number of anilines is 1. The van der Waals surface area contributed by atoms with Crippen molar-refractivity contribution in [3.8, 4) is 11.1 Å². The summed E-state index contributed by atoms with van der Waals surface area (Å²) in [4.78, 5) is 42.4. The zero-order valence-electron chi connectivity index (χ0n) is 21.5. The van der Waals surface area contributed by atoms with Crippen LogP contribution in [0.4, 0.5) is 5.69 Å². The lowest BCUT2D eigenvalue weighted by Gasteiger charge is -2.28. The smallest absolute Gasteiger partial charge is 0.254 e. The summed E-state index contributed by atoms with van der Waals surface area (Å²) in [5.41, 5.74) is 5.95. The molecule has 5 rings (SSSR count). The maximum absolute atomic E-state index is 13.4. The first kappa shape index (κ1) is 24.7. The molecule has 37 heavy (non-hydrogen) atoms. The molecule has 192 valence electrons. The standard InChI is InChI=1S/C28H32N6O3/c1-16(26(35)29-3)14-34-15-24-22(19-5-6-25-21(11-19)17(2)31-32-25)12-20(13-23(24)28(34)37)30-27(36)18-7-9-33(4)10-8-18/h5-6,11-13,18H,1,7-10,14-15H2,2-4H3,(H,29,35)(H,30,36)(H,31,32). The van der Waals surface area contributed by atoms with E-state index in [1.54, 1.807) is 18.0 Å². The Morgan fingerprint density at radius 2 is 1.89 bits per heavy atom. The fourth-order valence-corrected chi connectivity index (χ4v) is 5.22. The fraction of sp³-hybridized carbons (Fsp3) is 0.357. The molecule has 0 atom stereocenters. The highest BCUT2D eigenvalue weighted by Crippen LogP contribution is 2.37. The predicted molar refractivity (Wildman–Crippen MR) is 143 cm³/mol. The molecule has 0 aliphatic carbocycles. The summed E-state index contributed by atoms with van der Waals surface area (Å²) in [5, 5.41) is 14.0. The van der Waals surface area contributed by atoms with Crippen molar-refractivity contribution in [2.45, 2.75) is 26.3 Å². The molecule has 3 heterocycles. The Morgan fingerprint density at radius 1 is 1.16 bits per heavy atom. The SMILES string of the molecule is C=C(CN1Cc2c(cc(NC(=O)C3CCN(C)CC3)cc2-c2ccc3n[nH]c(C)c3c2)C1=O)C(=O)NC. The number of aromatic amines is 1. The van der Waals surface area contributed by atoms with Gasteiger partial charge in [0.05, 0.1) is 12.1 Å². The van der Waals surface area contributed by atoms with Gasteiger partial charge < -0.3 is 20.4 Å². The van der Waals surface area contributed by atoms with Crippen molar-refractivity contribution in [1.29, 1.82) is 0 Å². The Balaban J connectivity index is 1.52. The number of aryl methyl sites for hydroxylation is 1. The Morgan fingerprint density at radius 3 is 2.62 bits per heavy atom. The summed E-state index contributed by atoms with van der Waals surface area (Å²) in [6.45, 7) is 8.07. The maximum atomic E-state index is 13.4. The van der Waals surface area contributed by atoms with Gasteiger partial charge in [-0.1, -0.05) is 12.6 Å². The van der Waals surface area contributed by atoms with Crippen LogP contribution in [-0.2, 0) is 16.1 Å². The number of nitrogens with zero attached hydrogens (tertiary/aromatic N) is 3. The molecule has 3 amide bonds. The summed E-state index contributed by atoms with van der Waals surface area (Å²) < 4.78 is 0. The highest BCUT2D eigenvalue weighted by molar-refractivity contribution is 6.05. The van der Waals surface area contributed by atoms with Gasteiger partial charge >= 0.3 is 0 Å². The van der Waals surface area contributed by atoms with E-state index in [2.05, 4.69) is 45.4 Å². The molecule has 3 N–H and O–H groups in total. The van der Waals surface area contributed by atoms with Gasteiger partial charge in [0.15, 0.2) is 0 Å². The van der Waals surface area contributed by atoms with Gasteiger partial charge in [-0.2, -0.15) is 5.10 Å². The molecule has 9 nitrogen and oxygen atoms in total. The molecule has 9 heteroatoms. The van der Waals surface area contributed by atoms with Crippen LogP contribution < -0.4 is 10.6 Å². The van der Waals surface area contributed by atoms with Crippen LogP contribution in [0, 0.1) is 12.8 Å². The second-order valence-corrected chi connectivity index (χ2v) is 10.0. The third-order valence-electron chi connectivity index (χ3n) is 7.46. The summed E-state index contributed by atoms with van der Waals surface area (Å²) in [5.74, 6) is -0.551. The van der Waals surface area contributed by atoms with Crippen molar-refractivity contribution in [3.63, 3.8) is 0 Å². The number of hydrogen-bond donors (Lipinski definition) is 3. The van der Waals surface area contributed by atoms with Crippen molar-refractivity contribution in [2.75, 3.05) is 39.0 Å². The number of carbonyl (C=O) groups is 3. The number of likely N-dealkylation sites (tertiary alicyclic amines) is 1. The van der Waals surface area contributed by atoms with Crippen molar-refractivity contribution < 1.29 is 14.4 Å². The van der Waals surface area contributed by atoms with Gasteiger partial charge in [0.1, 0.15) is 0 Å². The van der Waals surface area contributed by atoms with Gasteiger partial charge in [-0.15, -0.1) is 0 Å². The number of benzene rings is 2. The number of rotatable bonds is 6. The lowest BCUT2D eigenvalue weighted by Crippen LogP contribution is -2.35. The zero-order valence-corrected chi connectivity index (χ0v) is 21.5. The van der Waals surface area contributed by atoms with Gasteiger partial charge in [-0.25, -0.2) is 0 Å². The number of amides is 3. The molecular formula is C28H32N6O3. The number of piperidine rings is 1. The second kappa shape index (κ2) is 9.82. The molecule has 1 aromatic heterocycles. The Kier molecular flexibility index (Phi) is 6.55. The Labute approximate surface area is 215 Å². The number of H-pyrrole nitrogens is 1. The minimum atomic E-state index is -0.295. The summed E-state index contributed by atoms with van der Waals surface area (Å²) in [6, 6.07) is 9.71. The van der Waals surface area contributed by atoms with Gasteiger partial charge in [-0.3, -0.25) is 19.5 Å². The highest BCUT2D eigenvalue weighted by atomic mass is 16.2. The van der Waals surface area contributed by atoms with Crippen molar-refractivity contribution in [3.05, 3.63) is 59.3 Å². The first-order valence-electron chi connectivity index (χ1n) is 12.6. The molecule has 3 aromatic rings. The van der Waals surface area contributed by atoms with E-state index < -0.39 is 0 Å². The molecule has 0 bridgehead atoms. The maximum Gasteiger partial charge on any atom is 0.254 e. The lowest BCUT2D eigenvalue weighted by molar-refractivity contribution is -0.121. The van der Waals surface area contributed by atoms with E-state index in [0.717, 1.165) is 59.2 Å². The van der Waals surface area contributed by atoms with Crippen molar-refractivity contribution in [1.82, 2.24) is 25.3 Å². The number of aromatic nitrogens is 2. The fourth-order valence-electron chi connectivity index (χ4n) is 5.22. The average molecular weight is 501 g/mol. The molecule has 0 saturated carbocycles. The number of nitrogens with one attached hydrogen (secondary N) is 3. The minimum Gasteiger partial charge on any atom is -0.355 e. The molecule has 1 saturated heterocycles. The number of fused-ring (bicyclic) bond motifs is 2. The predicted octanol–water partition coefficient (Wildman–Crippen LogP) is 3.08. The van der Waals surface area contributed by atoms with Crippen LogP contribution in [0.1, 0.15) is 34.5 Å². The molecule has 0 radical (unpaired) electrons. The molecule has 0 unspecified atom stereocenters.